The first-order valence-corrected chi connectivity index (χ1v) is 15.0. The van der Waals surface area contributed by atoms with E-state index in [9.17, 15) is 4.79 Å². The number of ether oxygens (including phenoxy) is 1. The number of amides is 1. The Balaban J connectivity index is 1.17. The largest absolute Gasteiger partial charge is 0.381 e. The van der Waals surface area contributed by atoms with Crippen LogP contribution in [0.25, 0.3) is 22.2 Å². The van der Waals surface area contributed by atoms with Crippen LogP contribution < -0.4 is 5.32 Å². The van der Waals surface area contributed by atoms with Gasteiger partial charge in [0.1, 0.15) is 0 Å². The second kappa shape index (κ2) is 11.8. The molecule has 1 aromatic heterocycles. The average molecular weight is 556 g/mol. The Labute approximate surface area is 241 Å². The summed E-state index contributed by atoms with van der Waals surface area (Å²) in [5, 5.41) is 12.6. The molecule has 3 heterocycles. The van der Waals surface area contributed by atoms with Gasteiger partial charge >= 0.3 is 0 Å². The van der Waals surface area contributed by atoms with E-state index in [0.29, 0.717) is 10.6 Å². The van der Waals surface area contributed by atoms with Gasteiger partial charge in [-0.2, -0.15) is 5.10 Å². The maximum absolute atomic E-state index is 13.4. The van der Waals surface area contributed by atoms with Crippen molar-refractivity contribution in [2.24, 2.45) is 23.7 Å². The van der Waals surface area contributed by atoms with Crippen LogP contribution in [0, 0.1) is 23.7 Å². The van der Waals surface area contributed by atoms with Gasteiger partial charge in [0.15, 0.2) is 0 Å². The number of aryl methyl sites for hydroxylation is 1. The summed E-state index contributed by atoms with van der Waals surface area (Å²) >= 11 is 6.47. The third-order valence-electron chi connectivity index (χ3n) is 8.98. The van der Waals surface area contributed by atoms with E-state index in [2.05, 4.69) is 53.6 Å². The third-order valence-corrected chi connectivity index (χ3v) is 9.33. The maximum atomic E-state index is 13.4. The van der Waals surface area contributed by atoms with Crippen LogP contribution in [-0.4, -0.2) is 29.3 Å². The summed E-state index contributed by atoms with van der Waals surface area (Å²) in [4.78, 5) is 13.4. The van der Waals surface area contributed by atoms with Gasteiger partial charge in [-0.25, -0.2) is 0 Å². The van der Waals surface area contributed by atoms with Crippen molar-refractivity contribution in [3.8, 4) is 11.3 Å². The number of hydrogen-bond donors (Lipinski definition) is 2. The molecule has 208 valence electrons. The van der Waals surface area contributed by atoms with Gasteiger partial charge in [0, 0.05) is 34.7 Å². The van der Waals surface area contributed by atoms with Gasteiger partial charge < -0.3 is 10.1 Å². The number of halogens is 1. The van der Waals surface area contributed by atoms with E-state index in [0.717, 1.165) is 65.1 Å². The molecule has 1 aliphatic carbocycles. The van der Waals surface area contributed by atoms with Crippen molar-refractivity contribution in [3.05, 3.63) is 88.4 Å². The molecule has 4 atom stereocenters. The molecule has 3 aromatic carbocycles. The van der Waals surface area contributed by atoms with Crippen LogP contribution in [0.4, 0.5) is 0 Å². The highest BCUT2D eigenvalue weighted by atomic mass is 35.5. The molecule has 2 bridgehead atoms. The zero-order chi connectivity index (χ0) is 27.6. The lowest BCUT2D eigenvalue weighted by Crippen LogP contribution is -2.31. The number of carbonyl (C=O) groups excluding carboxylic acids is 1. The summed E-state index contributed by atoms with van der Waals surface area (Å²) in [5.74, 6) is 2.34. The van der Waals surface area contributed by atoms with Crippen molar-refractivity contribution in [2.75, 3.05) is 13.2 Å². The van der Waals surface area contributed by atoms with E-state index in [1.807, 2.05) is 42.5 Å². The fourth-order valence-corrected chi connectivity index (χ4v) is 6.90. The van der Waals surface area contributed by atoms with Gasteiger partial charge in [0.25, 0.3) is 5.91 Å². The molecule has 5 nitrogen and oxygen atoms in total. The van der Waals surface area contributed by atoms with E-state index in [4.69, 9.17) is 16.3 Å². The first kappa shape index (κ1) is 27.0. The number of rotatable bonds is 8. The molecule has 1 amide bonds. The molecular weight excluding hydrogens is 518 g/mol. The number of aromatic nitrogens is 2. The highest BCUT2D eigenvalue weighted by Gasteiger charge is 2.33. The minimum absolute atomic E-state index is 0.124. The van der Waals surface area contributed by atoms with Crippen LogP contribution in [-0.2, 0) is 11.2 Å². The molecular formula is C34H38ClN3O2. The highest BCUT2D eigenvalue weighted by Crippen LogP contribution is 2.40. The lowest BCUT2D eigenvalue weighted by molar-refractivity contribution is 0.0925. The van der Waals surface area contributed by atoms with E-state index in [-0.39, 0.29) is 17.9 Å². The van der Waals surface area contributed by atoms with E-state index < -0.39 is 0 Å². The Kier molecular flexibility index (Phi) is 7.95. The molecule has 2 saturated heterocycles. The summed E-state index contributed by atoms with van der Waals surface area (Å²) in [5.41, 5.74) is 5.71. The highest BCUT2D eigenvalue weighted by molar-refractivity contribution is 6.31. The van der Waals surface area contributed by atoms with Crippen molar-refractivity contribution in [1.82, 2.24) is 15.5 Å². The molecule has 3 fully saturated rings. The van der Waals surface area contributed by atoms with Gasteiger partial charge in [0.2, 0.25) is 0 Å². The lowest BCUT2D eigenvalue weighted by Gasteiger charge is -2.31. The molecule has 0 radical (unpaired) electrons. The Bertz CT molecular complexity index is 1470. The topological polar surface area (TPSA) is 67.0 Å². The van der Waals surface area contributed by atoms with Crippen LogP contribution in [0.5, 0.6) is 0 Å². The number of carbonyl (C=O) groups is 1. The standard InChI is InChI=1S/C34H38ClN3O2/c1-21(2)32(28-5-3-4-6-30(28)35)36-34(39)26-15-16-31-29(18-26)33(38-37-31)24-11-7-22(8-12-24)9-13-25-17-23-10-14-27(25)20-40-19-23/h3-8,11-12,15-16,18,21,23,25,27,32H,9-10,13-14,17,19-20H2,1-2H3,(H,36,39)(H,37,38). The molecule has 1 saturated carbocycles. The average Bonchev–Trinajstić information content (AvgIpc) is 3.12. The van der Waals surface area contributed by atoms with Gasteiger partial charge in [-0.05, 0) is 91.2 Å². The molecule has 40 heavy (non-hydrogen) atoms. The molecule has 2 N–H and O–H groups in total. The van der Waals surface area contributed by atoms with Crippen LogP contribution in [0.15, 0.2) is 66.7 Å². The van der Waals surface area contributed by atoms with Crippen LogP contribution in [0.1, 0.15) is 67.1 Å². The lowest BCUT2D eigenvalue weighted by atomic mass is 9.73. The Morgan fingerprint density at radius 3 is 2.70 bits per heavy atom. The number of fused-ring (bicyclic) bond motifs is 5. The third kappa shape index (κ3) is 5.68. The second-order valence-corrected chi connectivity index (χ2v) is 12.4. The second-order valence-electron chi connectivity index (χ2n) is 12.0. The first-order chi connectivity index (χ1) is 19.5. The molecule has 2 aliphatic heterocycles. The number of benzene rings is 3. The molecule has 6 heteroatoms. The van der Waals surface area contributed by atoms with Crippen molar-refractivity contribution in [1.29, 1.82) is 0 Å². The normalized spacial score (nSPS) is 21.4. The number of hydrogen-bond acceptors (Lipinski definition) is 3. The number of aromatic amines is 1. The van der Waals surface area contributed by atoms with Crippen LogP contribution in [0.2, 0.25) is 5.02 Å². The molecule has 0 spiro atoms. The Hall–Kier alpha value is -3.15. The minimum Gasteiger partial charge on any atom is -0.381 e. The zero-order valence-electron chi connectivity index (χ0n) is 23.3. The zero-order valence-corrected chi connectivity index (χ0v) is 24.1. The van der Waals surface area contributed by atoms with Gasteiger partial charge in [-0.3, -0.25) is 9.89 Å². The molecule has 4 aromatic rings. The minimum atomic E-state index is -0.186. The summed E-state index contributed by atoms with van der Waals surface area (Å²) in [6, 6.07) is 22.0. The fraction of sp³-hybridized carbons (Fsp3) is 0.412. The smallest absolute Gasteiger partial charge is 0.251 e. The Morgan fingerprint density at radius 2 is 1.90 bits per heavy atom. The van der Waals surface area contributed by atoms with Crippen molar-refractivity contribution < 1.29 is 9.53 Å². The van der Waals surface area contributed by atoms with Gasteiger partial charge in [-0.15, -0.1) is 0 Å². The predicted octanol–water partition coefficient (Wildman–Crippen LogP) is 8.01. The summed E-state index contributed by atoms with van der Waals surface area (Å²) in [7, 11) is 0. The van der Waals surface area contributed by atoms with Gasteiger partial charge in [-0.1, -0.05) is 67.9 Å². The fourth-order valence-electron chi connectivity index (χ4n) is 6.65. The number of H-pyrrole nitrogens is 1. The van der Waals surface area contributed by atoms with Crippen molar-refractivity contribution >= 4 is 28.4 Å². The van der Waals surface area contributed by atoms with Crippen LogP contribution >= 0.6 is 11.6 Å². The molecule has 3 aliphatic rings. The predicted molar refractivity (Wildman–Crippen MR) is 161 cm³/mol. The molecule has 4 unspecified atom stereocenters. The van der Waals surface area contributed by atoms with E-state index in [1.54, 1.807) is 0 Å². The summed E-state index contributed by atoms with van der Waals surface area (Å²) in [6.45, 7) is 6.08. The SMILES string of the molecule is CC(C)C(NC(=O)c1ccc2[nH]nc(-c3ccc(CCC4CC5CCC4COC5)cc3)c2c1)c1ccccc1Cl. The van der Waals surface area contributed by atoms with E-state index >= 15 is 0 Å². The van der Waals surface area contributed by atoms with Crippen LogP contribution in [0.3, 0.4) is 0 Å². The molecule has 7 rings (SSSR count). The summed E-state index contributed by atoms with van der Waals surface area (Å²) in [6.07, 6.45) is 6.34. The monoisotopic (exact) mass is 555 g/mol. The van der Waals surface area contributed by atoms with Gasteiger partial charge in [0.05, 0.1) is 17.3 Å². The number of nitrogens with one attached hydrogen (secondary N) is 2. The quantitative estimate of drug-likeness (QED) is 0.231. The summed E-state index contributed by atoms with van der Waals surface area (Å²) < 4.78 is 5.89. The van der Waals surface area contributed by atoms with Crippen molar-refractivity contribution in [2.45, 2.75) is 52.0 Å². The van der Waals surface area contributed by atoms with E-state index in [1.165, 1.54) is 31.2 Å². The maximum Gasteiger partial charge on any atom is 0.251 e. The Morgan fingerprint density at radius 1 is 1.07 bits per heavy atom. The van der Waals surface area contributed by atoms with Crippen molar-refractivity contribution in [3.63, 3.8) is 0 Å². The first-order valence-electron chi connectivity index (χ1n) is 14.7. The number of nitrogens with zero attached hydrogens (tertiary/aromatic N) is 1.